The van der Waals surface area contributed by atoms with Crippen molar-refractivity contribution in [3.05, 3.63) is 36.0 Å². The Kier molecular flexibility index (Phi) is 3.02. The van der Waals surface area contributed by atoms with Crippen LogP contribution in [0.25, 0.3) is 10.9 Å². The highest BCUT2D eigenvalue weighted by Gasteiger charge is 2.27. The molecule has 18 heavy (non-hydrogen) atoms. The minimum absolute atomic E-state index is 0.0136. The van der Waals surface area contributed by atoms with Crippen LogP contribution in [-0.4, -0.2) is 21.8 Å². The minimum atomic E-state index is -4.26. The highest BCUT2D eigenvalue weighted by atomic mass is 19.4. The van der Waals surface area contributed by atoms with Gasteiger partial charge >= 0.3 is 12.1 Å². The molecule has 1 N–H and O–H groups in total. The van der Waals surface area contributed by atoms with Gasteiger partial charge in [0, 0.05) is 18.1 Å². The summed E-state index contributed by atoms with van der Waals surface area (Å²) in [6, 6.07) is 6.23. The Morgan fingerprint density at radius 2 is 2.00 bits per heavy atom. The maximum Gasteiger partial charge on any atom is 0.390 e. The number of halogens is 3. The summed E-state index contributed by atoms with van der Waals surface area (Å²) in [5, 5.41) is 9.64. The molecule has 0 atom stereocenters. The van der Waals surface area contributed by atoms with E-state index < -0.39 is 18.6 Å². The molecule has 0 amide bonds. The van der Waals surface area contributed by atoms with E-state index in [4.69, 9.17) is 5.11 Å². The third-order valence-electron chi connectivity index (χ3n) is 2.66. The first kappa shape index (κ1) is 12.5. The predicted octanol–water partition coefficient (Wildman–Crippen LogP) is 3.29. The van der Waals surface area contributed by atoms with Gasteiger partial charge in [-0.1, -0.05) is 12.1 Å². The number of aryl methyl sites for hydroxylation is 1. The van der Waals surface area contributed by atoms with Crippen molar-refractivity contribution in [3.8, 4) is 0 Å². The molecule has 3 nitrogen and oxygen atoms in total. The van der Waals surface area contributed by atoms with Gasteiger partial charge in [-0.15, -0.1) is 0 Å². The van der Waals surface area contributed by atoms with E-state index in [0.717, 1.165) is 0 Å². The first-order valence-corrected chi connectivity index (χ1v) is 5.26. The number of hydrogen-bond donors (Lipinski definition) is 1. The molecule has 2 rings (SSSR count). The molecular weight excluding hydrogens is 247 g/mol. The Balaban J connectivity index is 2.42. The summed E-state index contributed by atoms with van der Waals surface area (Å²) in [6.07, 6.45) is -3.76. The number of fused-ring (bicyclic) bond motifs is 1. The lowest BCUT2D eigenvalue weighted by atomic mass is 10.1. The van der Waals surface area contributed by atoms with Crippen molar-refractivity contribution in [2.75, 3.05) is 0 Å². The number of nitrogens with zero attached hydrogens (tertiary/aromatic N) is 1. The van der Waals surface area contributed by atoms with Gasteiger partial charge in [0.25, 0.3) is 0 Å². The molecule has 0 unspecified atom stereocenters. The lowest BCUT2D eigenvalue weighted by molar-refractivity contribution is -0.136. The van der Waals surface area contributed by atoms with Gasteiger partial charge in [0.1, 0.15) is 0 Å². The third kappa shape index (κ3) is 2.47. The van der Waals surface area contributed by atoms with Crippen LogP contribution in [0.15, 0.2) is 30.5 Å². The number of carboxylic acids is 1. The normalized spacial score (nSPS) is 11.9. The highest BCUT2D eigenvalue weighted by molar-refractivity contribution is 6.02. The second kappa shape index (κ2) is 4.36. The smallest absolute Gasteiger partial charge is 0.390 e. The fourth-order valence-electron chi connectivity index (χ4n) is 1.87. The van der Waals surface area contributed by atoms with Crippen molar-refractivity contribution in [1.29, 1.82) is 0 Å². The molecule has 0 aliphatic heterocycles. The number of aromatic carboxylic acids is 1. The van der Waals surface area contributed by atoms with E-state index in [0.29, 0.717) is 10.9 Å². The van der Waals surface area contributed by atoms with E-state index in [1.807, 2.05) is 0 Å². The van der Waals surface area contributed by atoms with Crippen LogP contribution in [-0.2, 0) is 6.54 Å². The molecule has 0 aliphatic rings. The number of hydrogen-bond acceptors (Lipinski definition) is 1. The first-order chi connectivity index (χ1) is 8.38. The molecule has 1 aromatic heterocycles. The van der Waals surface area contributed by atoms with Crippen molar-refractivity contribution in [2.45, 2.75) is 19.1 Å². The van der Waals surface area contributed by atoms with E-state index in [1.54, 1.807) is 18.2 Å². The van der Waals surface area contributed by atoms with Crippen LogP contribution >= 0.6 is 0 Å². The van der Waals surface area contributed by atoms with Gasteiger partial charge in [0.05, 0.1) is 17.5 Å². The lowest BCUT2D eigenvalue weighted by Crippen LogP contribution is -2.12. The third-order valence-corrected chi connectivity index (χ3v) is 2.66. The van der Waals surface area contributed by atoms with Crippen molar-refractivity contribution in [1.82, 2.24) is 4.57 Å². The van der Waals surface area contributed by atoms with Gasteiger partial charge in [-0.25, -0.2) is 4.79 Å². The summed E-state index contributed by atoms with van der Waals surface area (Å²) >= 11 is 0. The van der Waals surface area contributed by atoms with Crippen LogP contribution in [0.4, 0.5) is 13.2 Å². The molecular formula is C12H10F3NO2. The van der Waals surface area contributed by atoms with Crippen LogP contribution in [0.2, 0.25) is 0 Å². The topological polar surface area (TPSA) is 42.2 Å². The number of aromatic nitrogens is 1. The SMILES string of the molecule is O=C(O)c1cccc2ccn(CCC(F)(F)F)c12. The van der Waals surface area contributed by atoms with Crippen molar-refractivity contribution in [2.24, 2.45) is 0 Å². The van der Waals surface area contributed by atoms with Gasteiger partial charge in [-0.2, -0.15) is 13.2 Å². The Labute approximate surface area is 100 Å². The summed E-state index contributed by atoms with van der Waals surface area (Å²) in [4.78, 5) is 11.0. The zero-order valence-electron chi connectivity index (χ0n) is 9.24. The Morgan fingerprint density at radius 3 is 2.61 bits per heavy atom. The molecule has 0 saturated carbocycles. The van der Waals surface area contributed by atoms with Crippen molar-refractivity contribution < 1.29 is 23.1 Å². The zero-order valence-corrected chi connectivity index (χ0v) is 9.24. The van der Waals surface area contributed by atoms with E-state index in [2.05, 4.69) is 0 Å². The standard InChI is InChI=1S/C12H10F3NO2/c13-12(14,15)5-7-16-6-4-8-2-1-3-9(10(8)16)11(17)18/h1-4,6H,5,7H2,(H,17,18). The highest BCUT2D eigenvalue weighted by Crippen LogP contribution is 2.24. The molecule has 0 saturated heterocycles. The van der Waals surface area contributed by atoms with Gasteiger partial charge in [-0.05, 0) is 12.1 Å². The number of para-hydroxylation sites is 1. The van der Waals surface area contributed by atoms with Gasteiger partial charge < -0.3 is 9.67 Å². The molecule has 0 fully saturated rings. The van der Waals surface area contributed by atoms with Gasteiger partial charge in [0.2, 0.25) is 0 Å². The van der Waals surface area contributed by atoms with E-state index in [1.165, 1.54) is 16.8 Å². The lowest BCUT2D eigenvalue weighted by Gasteiger charge is -2.09. The average Bonchev–Trinajstić information content (AvgIpc) is 2.68. The largest absolute Gasteiger partial charge is 0.478 e. The molecule has 1 aromatic carbocycles. The van der Waals surface area contributed by atoms with Crippen LogP contribution in [0.1, 0.15) is 16.8 Å². The minimum Gasteiger partial charge on any atom is -0.478 e. The first-order valence-electron chi connectivity index (χ1n) is 5.26. The molecule has 1 heterocycles. The van der Waals surface area contributed by atoms with E-state index >= 15 is 0 Å². The maximum atomic E-state index is 12.2. The molecule has 6 heteroatoms. The maximum absolute atomic E-state index is 12.2. The summed E-state index contributed by atoms with van der Waals surface area (Å²) in [7, 11) is 0. The number of carbonyl (C=O) groups is 1. The fourth-order valence-corrected chi connectivity index (χ4v) is 1.87. The summed E-state index contributed by atoms with van der Waals surface area (Å²) in [6.45, 7) is -0.280. The molecule has 2 aromatic rings. The Bertz CT molecular complexity index is 587. The second-order valence-electron chi connectivity index (χ2n) is 3.92. The van der Waals surface area contributed by atoms with E-state index in [-0.39, 0.29) is 12.1 Å². The van der Waals surface area contributed by atoms with Crippen LogP contribution < -0.4 is 0 Å². The molecule has 0 aliphatic carbocycles. The monoisotopic (exact) mass is 257 g/mol. The number of alkyl halides is 3. The molecule has 0 radical (unpaired) electrons. The molecule has 0 bridgehead atoms. The number of carboxylic acid groups (broad SMARTS) is 1. The van der Waals surface area contributed by atoms with Crippen LogP contribution in [0.3, 0.4) is 0 Å². The Morgan fingerprint density at radius 1 is 1.28 bits per heavy atom. The molecule has 96 valence electrons. The average molecular weight is 257 g/mol. The summed E-state index contributed by atoms with van der Waals surface area (Å²) in [5.41, 5.74) is 0.342. The van der Waals surface area contributed by atoms with Crippen LogP contribution in [0, 0.1) is 0 Å². The van der Waals surface area contributed by atoms with Crippen molar-refractivity contribution >= 4 is 16.9 Å². The van der Waals surface area contributed by atoms with Crippen molar-refractivity contribution in [3.63, 3.8) is 0 Å². The number of benzene rings is 1. The second-order valence-corrected chi connectivity index (χ2v) is 3.92. The Hall–Kier alpha value is -1.98. The predicted molar refractivity (Wildman–Crippen MR) is 59.6 cm³/mol. The summed E-state index contributed by atoms with van der Waals surface area (Å²) < 4.78 is 37.9. The summed E-state index contributed by atoms with van der Waals surface area (Å²) in [5.74, 6) is -1.15. The van der Waals surface area contributed by atoms with Gasteiger partial charge in [0.15, 0.2) is 0 Å². The quantitative estimate of drug-likeness (QED) is 0.916. The zero-order chi connectivity index (χ0) is 13.3. The number of rotatable bonds is 3. The fraction of sp³-hybridized carbons (Fsp3) is 0.250. The van der Waals surface area contributed by atoms with E-state index in [9.17, 15) is 18.0 Å². The van der Waals surface area contributed by atoms with Gasteiger partial charge in [-0.3, -0.25) is 0 Å². The molecule has 0 spiro atoms. The van der Waals surface area contributed by atoms with Crippen LogP contribution in [0.5, 0.6) is 0 Å².